The molecule has 0 aliphatic carbocycles. The third-order valence-electron chi connectivity index (χ3n) is 3.88. The van der Waals surface area contributed by atoms with E-state index in [-0.39, 0.29) is 24.1 Å². The number of aliphatic hydroxyl groups is 1. The molecule has 0 saturated carbocycles. The van der Waals surface area contributed by atoms with Gasteiger partial charge in [-0.25, -0.2) is 4.98 Å². The van der Waals surface area contributed by atoms with Gasteiger partial charge in [-0.1, -0.05) is 17.7 Å². The van der Waals surface area contributed by atoms with Crippen molar-refractivity contribution in [2.24, 2.45) is 0 Å². The summed E-state index contributed by atoms with van der Waals surface area (Å²) in [6.45, 7) is 0. The van der Waals surface area contributed by atoms with Crippen LogP contribution in [0.15, 0.2) is 18.2 Å². The lowest BCUT2D eigenvalue weighted by atomic mass is 9.99. The second kappa shape index (κ2) is 4.52. The average Bonchev–Trinajstić information content (AvgIpc) is 2.61. The summed E-state index contributed by atoms with van der Waals surface area (Å²) in [6, 6.07) is 5.41. The number of hydrogen-bond donors (Lipinski definition) is 1. The minimum absolute atomic E-state index is 0.0584. The summed E-state index contributed by atoms with van der Waals surface area (Å²) in [7, 11) is 0. The number of carbonyl (C=O) groups excluding carboxylic acids is 1. The summed E-state index contributed by atoms with van der Waals surface area (Å²) in [5.74, 6) is -0.0584. The molecule has 96 valence electrons. The van der Waals surface area contributed by atoms with Crippen LogP contribution in [0.1, 0.15) is 36.2 Å². The quantitative estimate of drug-likeness (QED) is 0.790. The van der Waals surface area contributed by atoms with Gasteiger partial charge in [-0.15, -0.1) is 0 Å². The molecule has 18 heavy (non-hydrogen) atoms. The number of nitrogens with zero attached hydrogens (tertiary/aromatic N) is 2. The minimum Gasteiger partial charge on any atom is -0.393 e. The predicted octanol–water partition coefficient (Wildman–Crippen LogP) is 1.86. The van der Waals surface area contributed by atoms with E-state index < -0.39 is 0 Å². The van der Waals surface area contributed by atoms with Crippen LogP contribution in [0.3, 0.4) is 0 Å². The van der Waals surface area contributed by atoms with Gasteiger partial charge in [0, 0.05) is 12.1 Å². The highest BCUT2D eigenvalue weighted by Gasteiger charge is 2.43. The molecule has 1 N–H and O–H groups in total. The standard InChI is InChI=1S/C13H15ClN2O2/c14-12-3-1-2-11(15-12)13(18)16-8-4-5-9(16)7-10(17)6-8/h1-3,8-10,17H,4-7H2. The molecule has 5 heteroatoms. The highest BCUT2D eigenvalue weighted by molar-refractivity contribution is 6.29. The molecule has 3 heterocycles. The molecule has 2 bridgehead atoms. The second-order valence-electron chi connectivity index (χ2n) is 5.07. The van der Waals surface area contributed by atoms with E-state index in [9.17, 15) is 9.90 Å². The lowest BCUT2D eigenvalue weighted by Crippen LogP contribution is -2.48. The molecule has 2 fully saturated rings. The van der Waals surface area contributed by atoms with E-state index in [1.807, 2.05) is 4.90 Å². The Morgan fingerprint density at radius 3 is 2.61 bits per heavy atom. The summed E-state index contributed by atoms with van der Waals surface area (Å²) in [6.07, 6.45) is 3.06. The zero-order valence-electron chi connectivity index (χ0n) is 9.92. The first-order valence-electron chi connectivity index (χ1n) is 6.28. The Balaban J connectivity index is 1.85. The van der Waals surface area contributed by atoms with Crippen molar-refractivity contribution in [1.82, 2.24) is 9.88 Å². The Morgan fingerprint density at radius 2 is 2.00 bits per heavy atom. The third kappa shape index (κ3) is 1.99. The van der Waals surface area contributed by atoms with Crippen LogP contribution in [0, 0.1) is 0 Å². The van der Waals surface area contributed by atoms with Crippen LogP contribution in [0.5, 0.6) is 0 Å². The Morgan fingerprint density at radius 1 is 1.33 bits per heavy atom. The Kier molecular flexibility index (Phi) is 2.99. The molecule has 2 unspecified atom stereocenters. The van der Waals surface area contributed by atoms with Crippen LogP contribution in [-0.4, -0.2) is 39.1 Å². The number of aromatic nitrogens is 1. The van der Waals surface area contributed by atoms with Gasteiger partial charge in [0.15, 0.2) is 0 Å². The summed E-state index contributed by atoms with van der Waals surface area (Å²) in [4.78, 5) is 18.4. The van der Waals surface area contributed by atoms with Gasteiger partial charge in [0.1, 0.15) is 10.8 Å². The first-order valence-corrected chi connectivity index (χ1v) is 6.66. The van der Waals surface area contributed by atoms with Gasteiger partial charge >= 0.3 is 0 Å². The Bertz CT molecular complexity index is 466. The van der Waals surface area contributed by atoms with E-state index in [0.717, 1.165) is 12.8 Å². The average molecular weight is 267 g/mol. The number of halogens is 1. The maximum absolute atomic E-state index is 12.4. The van der Waals surface area contributed by atoms with E-state index in [2.05, 4.69) is 4.98 Å². The van der Waals surface area contributed by atoms with Gasteiger partial charge in [0.25, 0.3) is 5.91 Å². The maximum Gasteiger partial charge on any atom is 0.273 e. The molecule has 0 aromatic carbocycles. The highest BCUT2D eigenvalue weighted by atomic mass is 35.5. The smallest absolute Gasteiger partial charge is 0.273 e. The molecular weight excluding hydrogens is 252 g/mol. The number of fused-ring (bicyclic) bond motifs is 2. The van der Waals surface area contributed by atoms with Crippen molar-refractivity contribution < 1.29 is 9.90 Å². The number of pyridine rings is 1. The monoisotopic (exact) mass is 266 g/mol. The molecule has 0 radical (unpaired) electrons. The largest absolute Gasteiger partial charge is 0.393 e. The molecule has 1 amide bonds. The van der Waals surface area contributed by atoms with E-state index in [1.54, 1.807) is 18.2 Å². The van der Waals surface area contributed by atoms with E-state index in [0.29, 0.717) is 23.7 Å². The normalized spacial score (nSPS) is 30.6. The molecular formula is C13H15ClN2O2. The number of amides is 1. The fraction of sp³-hybridized carbons (Fsp3) is 0.538. The van der Waals surface area contributed by atoms with E-state index >= 15 is 0 Å². The van der Waals surface area contributed by atoms with Gasteiger partial charge in [0.05, 0.1) is 6.10 Å². The summed E-state index contributed by atoms with van der Waals surface area (Å²) < 4.78 is 0. The van der Waals surface area contributed by atoms with Gasteiger partial charge in [-0.05, 0) is 37.8 Å². The number of aliphatic hydroxyl groups excluding tert-OH is 1. The van der Waals surface area contributed by atoms with Crippen molar-refractivity contribution in [2.45, 2.75) is 43.9 Å². The van der Waals surface area contributed by atoms with Gasteiger partial charge in [-0.3, -0.25) is 4.79 Å². The van der Waals surface area contributed by atoms with Crippen molar-refractivity contribution in [3.05, 3.63) is 29.0 Å². The topological polar surface area (TPSA) is 53.4 Å². The van der Waals surface area contributed by atoms with Crippen LogP contribution < -0.4 is 0 Å². The highest BCUT2D eigenvalue weighted by Crippen LogP contribution is 2.36. The lowest BCUT2D eigenvalue weighted by molar-refractivity contribution is 0.0282. The van der Waals surface area contributed by atoms with Gasteiger partial charge in [0.2, 0.25) is 0 Å². The summed E-state index contributed by atoms with van der Waals surface area (Å²) in [5, 5.41) is 10.1. The van der Waals surface area contributed by atoms with Crippen LogP contribution in [0.25, 0.3) is 0 Å². The van der Waals surface area contributed by atoms with Crippen molar-refractivity contribution >= 4 is 17.5 Å². The van der Waals surface area contributed by atoms with Crippen molar-refractivity contribution in [1.29, 1.82) is 0 Å². The Labute approximate surface area is 111 Å². The molecule has 1 aromatic rings. The summed E-state index contributed by atoms with van der Waals surface area (Å²) >= 11 is 5.82. The lowest BCUT2D eigenvalue weighted by Gasteiger charge is -2.37. The second-order valence-corrected chi connectivity index (χ2v) is 5.46. The van der Waals surface area contributed by atoms with Crippen molar-refractivity contribution in [2.75, 3.05) is 0 Å². The Hall–Kier alpha value is -1.13. The SMILES string of the molecule is O=C(c1cccc(Cl)n1)N1C2CCC1CC(O)C2. The van der Waals surface area contributed by atoms with Crippen molar-refractivity contribution in [3.8, 4) is 0 Å². The molecule has 0 spiro atoms. The van der Waals surface area contributed by atoms with Gasteiger partial charge < -0.3 is 10.0 Å². The molecule has 2 saturated heterocycles. The first kappa shape index (κ1) is 11.9. The molecule has 2 aliphatic rings. The van der Waals surface area contributed by atoms with Crippen LogP contribution in [0.4, 0.5) is 0 Å². The molecule has 2 atom stereocenters. The minimum atomic E-state index is -0.265. The van der Waals surface area contributed by atoms with Crippen LogP contribution >= 0.6 is 11.6 Å². The third-order valence-corrected chi connectivity index (χ3v) is 4.09. The van der Waals surface area contributed by atoms with E-state index in [4.69, 9.17) is 11.6 Å². The van der Waals surface area contributed by atoms with Crippen LogP contribution in [0.2, 0.25) is 5.15 Å². The molecule has 2 aliphatic heterocycles. The fourth-order valence-electron chi connectivity index (χ4n) is 3.14. The number of hydrogen-bond acceptors (Lipinski definition) is 3. The first-order chi connectivity index (χ1) is 8.65. The molecule has 1 aromatic heterocycles. The summed E-state index contributed by atoms with van der Waals surface area (Å²) in [5.41, 5.74) is 0.399. The van der Waals surface area contributed by atoms with E-state index in [1.165, 1.54) is 0 Å². The predicted molar refractivity (Wildman–Crippen MR) is 67.5 cm³/mol. The van der Waals surface area contributed by atoms with Gasteiger partial charge in [-0.2, -0.15) is 0 Å². The van der Waals surface area contributed by atoms with Crippen LogP contribution in [-0.2, 0) is 0 Å². The molecule has 3 rings (SSSR count). The number of piperidine rings is 1. The zero-order valence-corrected chi connectivity index (χ0v) is 10.7. The fourth-order valence-corrected chi connectivity index (χ4v) is 3.30. The van der Waals surface area contributed by atoms with Crippen molar-refractivity contribution in [3.63, 3.8) is 0 Å². The maximum atomic E-state index is 12.4. The number of carbonyl (C=O) groups is 1. The number of rotatable bonds is 1. The molecule has 4 nitrogen and oxygen atoms in total. The zero-order chi connectivity index (χ0) is 12.7.